The molecule has 0 bridgehead atoms. The molecule has 0 aromatic carbocycles. The van der Waals surface area contributed by atoms with E-state index in [0.29, 0.717) is 4.64 Å². The summed E-state index contributed by atoms with van der Waals surface area (Å²) in [6, 6.07) is 4.24. The first-order valence-corrected chi connectivity index (χ1v) is 5.10. The van der Waals surface area contributed by atoms with Gasteiger partial charge in [0.15, 0.2) is 0 Å². The molecule has 72 valence electrons. The number of nitrogens with one attached hydrogen (secondary N) is 1. The monoisotopic (exact) mass is 204 g/mol. The number of H-pyrrole nitrogens is 1. The van der Waals surface area contributed by atoms with Gasteiger partial charge >= 0.3 is 0 Å². The van der Waals surface area contributed by atoms with Crippen molar-refractivity contribution in [3.05, 3.63) is 34.1 Å². The van der Waals surface area contributed by atoms with E-state index in [1.54, 1.807) is 0 Å². The molecular weight excluding hydrogens is 192 g/mol. The lowest BCUT2D eigenvalue weighted by Crippen LogP contribution is -1.95. The average Bonchev–Trinajstić information content (AvgIpc) is 2.17. The van der Waals surface area contributed by atoms with Gasteiger partial charge in [-0.1, -0.05) is 19.1 Å². The van der Waals surface area contributed by atoms with Crippen LogP contribution in [-0.4, -0.2) is 9.97 Å². The first kappa shape index (κ1) is 9.34. The number of hydrogen-bond acceptors (Lipinski definition) is 2. The number of fused-ring (bicyclic) bond motifs is 1. The van der Waals surface area contributed by atoms with Crippen LogP contribution in [0.15, 0.2) is 18.3 Å². The highest BCUT2D eigenvalue weighted by atomic mass is 32.1. The molecule has 14 heavy (non-hydrogen) atoms. The maximum absolute atomic E-state index is 5.18. The van der Waals surface area contributed by atoms with Gasteiger partial charge in [0.2, 0.25) is 0 Å². The van der Waals surface area contributed by atoms with Gasteiger partial charge in [-0.2, -0.15) is 0 Å². The maximum Gasteiger partial charge on any atom is 0.138 e. The van der Waals surface area contributed by atoms with E-state index in [1.165, 1.54) is 5.56 Å². The Morgan fingerprint density at radius 2 is 2.21 bits per heavy atom. The molecule has 3 heteroatoms. The van der Waals surface area contributed by atoms with Gasteiger partial charge in [0.1, 0.15) is 10.5 Å². The summed E-state index contributed by atoms with van der Waals surface area (Å²) in [5.41, 5.74) is 3.49. The Morgan fingerprint density at radius 1 is 1.43 bits per heavy atom. The van der Waals surface area contributed by atoms with Gasteiger partial charge in [0.25, 0.3) is 0 Å². The van der Waals surface area contributed by atoms with Crippen LogP contribution in [0.1, 0.15) is 18.1 Å². The van der Waals surface area contributed by atoms with Crippen molar-refractivity contribution in [1.29, 1.82) is 0 Å². The van der Waals surface area contributed by atoms with Crippen molar-refractivity contribution < 1.29 is 0 Å². The third-order valence-electron chi connectivity index (χ3n) is 2.29. The van der Waals surface area contributed by atoms with E-state index in [1.807, 2.05) is 6.20 Å². The first-order chi connectivity index (χ1) is 6.70. The molecule has 2 aliphatic rings. The lowest BCUT2D eigenvalue weighted by molar-refractivity contribution is 1.06. The molecule has 0 spiro atoms. The summed E-state index contributed by atoms with van der Waals surface area (Å²) in [5, 5.41) is 0. The van der Waals surface area contributed by atoms with Gasteiger partial charge in [0.05, 0.1) is 0 Å². The van der Waals surface area contributed by atoms with Crippen molar-refractivity contribution in [1.82, 2.24) is 9.97 Å². The minimum absolute atomic E-state index is 0.708. The van der Waals surface area contributed by atoms with Crippen molar-refractivity contribution in [3.63, 3.8) is 0 Å². The summed E-state index contributed by atoms with van der Waals surface area (Å²) in [5.74, 6) is 0.873. The second-order valence-electron chi connectivity index (χ2n) is 3.42. The van der Waals surface area contributed by atoms with Crippen LogP contribution in [0.25, 0.3) is 11.4 Å². The van der Waals surface area contributed by atoms with Crippen LogP contribution in [0.3, 0.4) is 0 Å². The Labute approximate surface area is 88.4 Å². The fraction of sp³-hybridized carbons (Fsp3) is 0.273. The molecule has 0 atom stereocenters. The average molecular weight is 204 g/mol. The molecule has 0 aliphatic carbocycles. The fourth-order valence-electron chi connectivity index (χ4n) is 1.50. The number of nitrogens with zero attached hydrogens (tertiary/aromatic N) is 1. The number of pyridine rings is 2. The van der Waals surface area contributed by atoms with Gasteiger partial charge in [0, 0.05) is 11.8 Å². The Morgan fingerprint density at radius 3 is 2.93 bits per heavy atom. The van der Waals surface area contributed by atoms with E-state index >= 15 is 0 Å². The fourth-order valence-corrected chi connectivity index (χ4v) is 1.80. The summed E-state index contributed by atoms with van der Waals surface area (Å²) < 4.78 is 0.708. The van der Waals surface area contributed by atoms with E-state index in [-0.39, 0.29) is 0 Å². The third-order valence-corrected chi connectivity index (χ3v) is 2.65. The number of rotatable bonds is 1. The Bertz CT molecular complexity index is 487. The highest BCUT2D eigenvalue weighted by molar-refractivity contribution is 7.71. The van der Waals surface area contributed by atoms with Gasteiger partial charge in [-0.05, 0) is 36.6 Å². The molecule has 2 aliphatic heterocycles. The second kappa shape index (κ2) is 3.50. The zero-order valence-electron chi connectivity index (χ0n) is 8.29. The lowest BCUT2D eigenvalue weighted by atomic mass is 10.1. The molecule has 0 aromatic heterocycles. The van der Waals surface area contributed by atoms with Crippen molar-refractivity contribution in [3.8, 4) is 11.4 Å². The van der Waals surface area contributed by atoms with E-state index < -0.39 is 0 Å². The summed E-state index contributed by atoms with van der Waals surface area (Å²) in [7, 11) is 0. The van der Waals surface area contributed by atoms with Gasteiger partial charge in [-0.25, -0.2) is 4.98 Å². The SMILES string of the molecule is CCc1cc2cc(C)c[nH]c-2nc1=S. The zero-order valence-corrected chi connectivity index (χ0v) is 9.11. The minimum Gasteiger partial charge on any atom is -0.346 e. The summed E-state index contributed by atoms with van der Waals surface area (Å²) >= 11 is 5.18. The lowest BCUT2D eigenvalue weighted by Gasteiger charge is -2.07. The predicted molar refractivity (Wildman–Crippen MR) is 60.2 cm³/mol. The van der Waals surface area contributed by atoms with Gasteiger partial charge in [-0.3, -0.25) is 0 Å². The van der Waals surface area contributed by atoms with E-state index in [0.717, 1.165) is 23.4 Å². The number of aromatic amines is 1. The Balaban J connectivity index is 2.75. The van der Waals surface area contributed by atoms with Crippen molar-refractivity contribution in [2.75, 3.05) is 0 Å². The van der Waals surface area contributed by atoms with E-state index in [2.05, 4.69) is 35.9 Å². The quantitative estimate of drug-likeness (QED) is 0.723. The molecule has 0 saturated carbocycles. The molecule has 0 fully saturated rings. The second-order valence-corrected chi connectivity index (χ2v) is 3.81. The molecule has 0 radical (unpaired) electrons. The summed E-state index contributed by atoms with van der Waals surface area (Å²) in [6.45, 7) is 4.15. The third kappa shape index (κ3) is 1.55. The van der Waals surface area contributed by atoms with Crippen molar-refractivity contribution >= 4 is 12.2 Å². The number of aromatic nitrogens is 2. The summed E-state index contributed by atoms with van der Waals surface area (Å²) in [4.78, 5) is 7.48. The molecule has 1 N–H and O–H groups in total. The number of aryl methyl sites for hydroxylation is 2. The normalized spacial score (nSPS) is 10.7. The van der Waals surface area contributed by atoms with Crippen LogP contribution >= 0.6 is 12.2 Å². The first-order valence-electron chi connectivity index (χ1n) is 4.69. The van der Waals surface area contributed by atoms with Crippen LogP contribution in [-0.2, 0) is 6.42 Å². The van der Waals surface area contributed by atoms with Crippen LogP contribution in [0.2, 0.25) is 0 Å². The molecule has 0 saturated heterocycles. The van der Waals surface area contributed by atoms with Crippen LogP contribution in [0, 0.1) is 11.6 Å². The molecule has 2 rings (SSSR count). The van der Waals surface area contributed by atoms with Crippen LogP contribution in [0.4, 0.5) is 0 Å². The Hall–Kier alpha value is -1.22. The molecular formula is C11H12N2S. The highest BCUT2D eigenvalue weighted by Crippen LogP contribution is 2.20. The Kier molecular flexibility index (Phi) is 2.33. The number of hydrogen-bond donors (Lipinski definition) is 1. The smallest absolute Gasteiger partial charge is 0.138 e. The predicted octanol–water partition coefficient (Wildman–Crippen LogP) is 3.11. The maximum atomic E-state index is 5.18. The van der Waals surface area contributed by atoms with Crippen LogP contribution < -0.4 is 0 Å². The summed E-state index contributed by atoms with van der Waals surface area (Å²) in [6.07, 6.45) is 2.88. The van der Waals surface area contributed by atoms with Crippen molar-refractivity contribution in [2.24, 2.45) is 0 Å². The molecule has 0 amide bonds. The van der Waals surface area contributed by atoms with Crippen molar-refractivity contribution in [2.45, 2.75) is 20.3 Å². The molecule has 0 aromatic rings. The van der Waals surface area contributed by atoms with Crippen LogP contribution in [0.5, 0.6) is 0 Å². The zero-order chi connectivity index (χ0) is 10.1. The van der Waals surface area contributed by atoms with E-state index in [4.69, 9.17) is 12.2 Å². The van der Waals surface area contributed by atoms with Gasteiger partial charge in [-0.15, -0.1) is 0 Å². The van der Waals surface area contributed by atoms with E-state index in [9.17, 15) is 0 Å². The topological polar surface area (TPSA) is 28.7 Å². The minimum atomic E-state index is 0.708. The highest BCUT2D eigenvalue weighted by Gasteiger charge is 2.05. The molecule has 2 heterocycles. The van der Waals surface area contributed by atoms with Gasteiger partial charge < -0.3 is 4.98 Å². The standard InChI is InChI=1S/C11H12N2S/c1-3-8-5-9-4-7(2)6-12-10(9)13-11(8)14/h4-6H,3H2,1-2H3,(H,12,13,14). The molecule has 2 nitrogen and oxygen atoms in total. The largest absolute Gasteiger partial charge is 0.346 e. The molecule has 0 unspecified atom stereocenters.